The summed E-state index contributed by atoms with van der Waals surface area (Å²) in [6, 6.07) is 9.86. The molecule has 19 heavy (non-hydrogen) atoms. The van der Waals surface area contributed by atoms with Gasteiger partial charge in [-0.2, -0.15) is 0 Å². The molecular weight excluding hydrogens is 258 g/mol. The summed E-state index contributed by atoms with van der Waals surface area (Å²) in [5.74, 6) is 0.776. The molecule has 0 aliphatic rings. The molecule has 1 heterocycles. The highest BCUT2D eigenvalue weighted by atomic mass is 35.5. The van der Waals surface area contributed by atoms with Crippen LogP contribution in [0.5, 0.6) is 0 Å². The molecule has 100 valence electrons. The molecule has 0 saturated carbocycles. The Morgan fingerprint density at radius 1 is 1.32 bits per heavy atom. The highest BCUT2D eigenvalue weighted by Crippen LogP contribution is 2.31. The molecule has 4 heteroatoms. The van der Waals surface area contributed by atoms with Crippen molar-refractivity contribution in [1.29, 1.82) is 0 Å². The number of halogens is 1. The molecule has 2 N–H and O–H groups in total. The van der Waals surface area contributed by atoms with E-state index in [2.05, 4.69) is 11.9 Å². The summed E-state index contributed by atoms with van der Waals surface area (Å²) in [5.41, 5.74) is 8.84. The molecule has 2 aromatic rings. The van der Waals surface area contributed by atoms with E-state index in [4.69, 9.17) is 17.3 Å². The first-order valence-electron chi connectivity index (χ1n) is 6.20. The number of nitrogens with two attached hydrogens (primary N) is 1. The number of hydrogen-bond acceptors (Lipinski definition) is 3. The molecule has 1 unspecified atom stereocenters. The van der Waals surface area contributed by atoms with Gasteiger partial charge >= 0.3 is 0 Å². The maximum atomic E-state index is 6.24. The van der Waals surface area contributed by atoms with Crippen molar-refractivity contribution >= 4 is 23.1 Å². The van der Waals surface area contributed by atoms with Crippen molar-refractivity contribution in [3.8, 4) is 0 Å². The fourth-order valence-electron chi connectivity index (χ4n) is 2.09. The number of aromatic nitrogens is 1. The Bertz CT molecular complexity index is 583. The highest BCUT2D eigenvalue weighted by Gasteiger charge is 2.17. The molecule has 0 amide bonds. The number of nitrogen functional groups attached to an aromatic ring is 1. The lowest BCUT2D eigenvalue weighted by Gasteiger charge is -2.28. The zero-order valence-electron chi connectivity index (χ0n) is 11.4. The topological polar surface area (TPSA) is 42.2 Å². The molecule has 0 aliphatic carbocycles. The molecule has 3 nitrogen and oxygen atoms in total. The third-order valence-corrected chi connectivity index (χ3v) is 3.65. The Labute approximate surface area is 119 Å². The van der Waals surface area contributed by atoms with Gasteiger partial charge in [0.05, 0.1) is 11.7 Å². The van der Waals surface area contributed by atoms with Gasteiger partial charge in [-0.1, -0.05) is 29.8 Å². The van der Waals surface area contributed by atoms with Crippen molar-refractivity contribution < 1.29 is 0 Å². The predicted octanol–water partition coefficient (Wildman–Crippen LogP) is 3.82. The molecule has 0 saturated heterocycles. The standard InChI is InChI=1S/C15H18ClN3/c1-10-8-14(17)15(18-9-10)19(3)11(2)12-6-4-5-7-13(12)16/h4-9,11H,17H2,1-3H3. The SMILES string of the molecule is Cc1cnc(N(C)C(C)c2ccccc2Cl)c(N)c1. The number of aryl methyl sites for hydroxylation is 1. The van der Waals surface area contributed by atoms with Crippen LogP contribution >= 0.6 is 11.6 Å². The Morgan fingerprint density at radius 3 is 2.63 bits per heavy atom. The Balaban J connectivity index is 2.33. The number of rotatable bonds is 3. The second-order valence-corrected chi connectivity index (χ2v) is 5.14. The van der Waals surface area contributed by atoms with Gasteiger partial charge in [0.2, 0.25) is 0 Å². The molecule has 1 atom stereocenters. The molecule has 0 fully saturated rings. The van der Waals surface area contributed by atoms with Crippen LogP contribution in [0.3, 0.4) is 0 Å². The lowest BCUT2D eigenvalue weighted by Crippen LogP contribution is -2.24. The van der Waals surface area contributed by atoms with E-state index < -0.39 is 0 Å². The number of hydrogen-bond donors (Lipinski definition) is 1. The smallest absolute Gasteiger partial charge is 0.152 e. The summed E-state index contributed by atoms with van der Waals surface area (Å²) in [5, 5.41) is 0.757. The minimum absolute atomic E-state index is 0.103. The third-order valence-electron chi connectivity index (χ3n) is 3.30. The third kappa shape index (κ3) is 2.82. The first-order valence-corrected chi connectivity index (χ1v) is 6.58. The molecule has 0 radical (unpaired) electrons. The van der Waals surface area contributed by atoms with E-state index in [0.29, 0.717) is 5.69 Å². The number of nitrogens with zero attached hydrogens (tertiary/aromatic N) is 2. The minimum Gasteiger partial charge on any atom is -0.396 e. The summed E-state index contributed by atoms with van der Waals surface area (Å²) in [6.45, 7) is 4.06. The van der Waals surface area contributed by atoms with Gasteiger partial charge in [-0.25, -0.2) is 4.98 Å². The molecule has 1 aromatic carbocycles. The van der Waals surface area contributed by atoms with E-state index in [1.54, 1.807) is 0 Å². The van der Waals surface area contributed by atoms with Gasteiger partial charge in [-0.3, -0.25) is 0 Å². The predicted molar refractivity (Wildman–Crippen MR) is 81.7 cm³/mol. The van der Waals surface area contributed by atoms with Gasteiger partial charge in [0.1, 0.15) is 0 Å². The maximum Gasteiger partial charge on any atom is 0.152 e. The van der Waals surface area contributed by atoms with Crippen LogP contribution in [0.1, 0.15) is 24.1 Å². The Hall–Kier alpha value is -1.74. The fraction of sp³-hybridized carbons (Fsp3) is 0.267. The summed E-state index contributed by atoms with van der Waals surface area (Å²) in [4.78, 5) is 6.45. The van der Waals surface area contributed by atoms with Crippen LogP contribution in [0.4, 0.5) is 11.5 Å². The second kappa shape index (κ2) is 5.49. The van der Waals surface area contributed by atoms with Crippen molar-refractivity contribution in [3.63, 3.8) is 0 Å². The zero-order valence-corrected chi connectivity index (χ0v) is 12.1. The fourth-order valence-corrected chi connectivity index (χ4v) is 2.38. The van der Waals surface area contributed by atoms with Crippen LogP contribution in [0.2, 0.25) is 5.02 Å². The quantitative estimate of drug-likeness (QED) is 0.926. The van der Waals surface area contributed by atoms with Crippen LogP contribution in [0, 0.1) is 6.92 Å². The summed E-state index contributed by atoms with van der Waals surface area (Å²) >= 11 is 6.24. The molecule has 0 bridgehead atoms. The van der Waals surface area contributed by atoms with Crippen molar-refractivity contribution in [2.24, 2.45) is 0 Å². The normalized spacial score (nSPS) is 12.2. The monoisotopic (exact) mass is 275 g/mol. The Kier molecular flexibility index (Phi) is 3.96. The number of benzene rings is 1. The zero-order chi connectivity index (χ0) is 14.0. The lowest BCUT2D eigenvalue weighted by molar-refractivity contribution is 0.730. The van der Waals surface area contributed by atoms with Gasteiger partial charge in [0.25, 0.3) is 0 Å². The van der Waals surface area contributed by atoms with Crippen LogP contribution in [-0.4, -0.2) is 12.0 Å². The first kappa shape index (κ1) is 13.7. The van der Waals surface area contributed by atoms with Crippen molar-refractivity contribution in [2.45, 2.75) is 19.9 Å². The minimum atomic E-state index is 0.103. The van der Waals surface area contributed by atoms with E-state index in [0.717, 1.165) is 22.0 Å². The van der Waals surface area contributed by atoms with Crippen LogP contribution in [0.25, 0.3) is 0 Å². The van der Waals surface area contributed by atoms with Crippen molar-refractivity contribution in [1.82, 2.24) is 4.98 Å². The number of pyridine rings is 1. The maximum absolute atomic E-state index is 6.24. The summed E-state index contributed by atoms with van der Waals surface area (Å²) in [6.07, 6.45) is 1.82. The van der Waals surface area contributed by atoms with E-state index in [-0.39, 0.29) is 6.04 Å². The molecular formula is C15H18ClN3. The van der Waals surface area contributed by atoms with E-state index in [9.17, 15) is 0 Å². The van der Waals surface area contributed by atoms with Gasteiger partial charge < -0.3 is 10.6 Å². The van der Waals surface area contributed by atoms with Gasteiger partial charge in [-0.05, 0) is 37.1 Å². The van der Waals surface area contributed by atoms with E-state index in [1.165, 1.54) is 0 Å². The molecule has 2 rings (SSSR count). The van der Waals surface area contributed by atoms with Gasteiger partial charge in [-0.15, -0.1) is 0 Å². The summed E-state index contributed by atoms with van der Waals surface area (Å²) < 4.78 is 0. The lowest BCUT2D eigenvalue weighted by atomic mass is 10.1. The molecule has 0 spiro atoms. The van der Waals surface area contributed by atoms with Crippen LogP contribution < -0.4 is 10.6 Å². The largest absolute Gasteiger partial charge is 0.396 e. The Morgan fingerprint density at radius 2 is 2.00 bits per heavy atom. The molecule has 1 aromatic heterocycles. The second-order valence-electron chi connectivity index (χ2n) is 4.73. The van der Waals surface area contributed by atoms with Crippen molar-refractivity contribution in [2.75, 3.05) is 17.7 Å². The van der Waals surface area contributed by atoms with E-state index in [1.807, 2.05) is 55.4 Å². The molecule has 0 aliphatic heterocycles. The van der Waals surface area contributed by atoms with E-state index >= 15 is 0 Å². The van der Waals surface area contributed by atoms with Gasteiger partial charge in [0.15, 0.2) is 5.82 Å². The first-order chi connectivity index (χ1) is 9.00. The highest BCUT2D eigenvalue weighted by molar-refractivity contribution is 6.31. The average molecular weight is 276 g/mol. The number of anilines is 2. The van der Waals surface area contributed by atoms with Crippen LogP contribution in [0.15, 0.2) is 36.5 Å². The van der Waals surface area contributed by atoms with Gasteiger partial charge in [0, 0.05) is 18.3 Å². The van der Waals surface area contributed by atoms with Crippen LogP contribution in [-0.2, 0) is 0 Å². The summed E-state index contributed by atoms with van der Waals surface area (Å²) in [7, 11) is 1.97. The average Bonchev–Trinajstić information content (AvgIpc) is 2.38. The van der Waals surface area contributed by atoms with Crippen molar-refractivity contribution in [3.05, 3.63) is 52.7 Å².